The van der Waals surface area contributed by atoms with Crippen molar-refractivity contribution in [3.8, 4) is 5.75 Å². The van der Waals surface area contributed by atoms with Gasteiger partial charge in [-0.05, 0) is 44.0 Å². The highest BCUT2D eigenvalue weighted by Gasteiger charge is 2.26. The number of carbonyl (C=O) groups is 1. The van der Waals surface area contributed by atoms with Crippen molar-refractivity contribution in [3.63, 3.8) is 0 Å². The number of piperazine rings is 1. The smallest absolute Gasteiger partial charge is 0.237 e. The van der Waals surface area contributed by atoms with Crippen LogP contribution in [-0.4, -0.2) is 49.6 Å². The Morgan fingerprint density at radius 2 is 1.75 bits per heavy atom. The second kappa shape index (κ2) is 9.60. The van der Waals surface area contributed by atoms with Gasteiger partial charge in [0.15, 0.2) is 0 Å². The van der Waals surface area contributed by atoms with Crippen LogP contribution < -0.4 is 15.0 Å². The standard InChI is InChI=1S/C23H31N3O2/c1-4-28-22-12-8-7-11-21(22)26-15-13-25(14-16-26)19(3)23(27)24-17-20-10-6-5-9-18(20)2/h5-12,19H,4,13-17H2,1-3H3,(H,24,27)/t19-/m0/s1. The van der Waals surface area contributed by atoms with E-state index in [1.54, 1.807) is 0 Å². The summed E-state index contributed by atoms with van der Waals surface area (Å²) in [4.78, 5) is 17.2. The van der Waals surface area contributed by atoms with Gasteiger partial charge in [-0.25, -0.2) is 0 Å². The molecule has 0 saturated carbocycles. The highest BCUT2D eigenvalue weighted by atomic mass is 16.5. The predicted molar refractivity (Wildman–Crippen MR) is 114 cm³/mol. The topological polar surface area (TPSA) is 44.8 Å². The number of rotatable bonds is 7. The number of anilines is 1. The zero-order valence-corrected chi connectivity index (χ0v) is 17.1. The number of para-hydroxylation sites is 2. The molecule has 2 aromatic rings. The molecular formula is C23H31N3O2. The lowest BCUT2D eigenvalue weighted by atomic mass is 10.1. The SMILES string of the molecule is CCOc1ccccc1N1CCN([C@@H](C)C(=O)NCc2ccccc2C)CC1. The number of ether oxygens (including phenoxy) is 1. The average molecular weight is 382 g/mol. The summed E-state index contributed by atoms with van der Waals surface area (Å²) in [6, 6.07) is 16.2. The normalized spacial score (nSPS) is 15.9. The maximum Gasteiger partial charge on any atom is 0.237 e. The molecule has 1 aliphatic heterocycles. The summed E-state index contributed by atoms with van der Waals surface area (Å²) < 4.78 is 5.77. The van der Waals surface area contributed by atoms with E-state index in [-0.39, 0.29) is 11.9 Å². The minimum atomic E-state index is -0.131. The third-order valence-electron chi connectivity index (χ3n) is 5.46. The number of carbonyl (C=O) groups excluding carboxylic acids is 1. The lowest BCUT2D eigenvalue weighted by molar-refractivity contribution is -0.126. The first kappa shape index (κ1) is 20.2. The average Bonchev–Trinajstić information content (AvgIpc) is 2.73. The van der Waals surface area contributed by atoms with Crippen molar-refractivity contribution in [2.24, 2.45) is 0 Å². The lowest BCUT2D eigenvalue weighted by Gasteiger charge is -2.39. The van der Waals surface area contributed by atoms with Crippen molar-refractivity contribution in [1.82, 2.24) is 10.2 Å². The van der Waals surface area contributed by atoms with Gasteiger partial charge in [-0.15, -0.1) is 0 Å². The van der Waals surface area contributed by atoms with E-state index in [0.717, 1.165) is 37.6 Å². The fourth-order valence-corrected chi connectivity index (χ4v) is 3.65. The lowest BCUT2D eigenvalue weighted by Crippen LogP contribution is -2.54. The quantitative estimate of drug-likeness (QED) is 0.800. The van der Waals surface area contributed by atoms with Crippen molar-refractivity contribution in [2.45, 2.75) is 33.4 Å². The number of nitrogens with one attached hydrogen (secondary N) is 1. The second-order valence-electron chi connectivity index (χ2n) is 7.24. The third-order valence-corrected chi connectivity index (χ3v) is 5.46. The van der Waals surface area contributed by atoms with E-state index in [4.69, 9.17) is 4.74 Å². The maximum atomic E-state index is 12.6. The molecule has 1 saturated heterocycles. The Bertz CT molecular complexity index is 785. The van der Waals surface area contributed by atoms with Gasteiger partial charge in [0.05, 0.1) is 18.3 Å². The molecule has 1 N–H and O–H groups in total. The van der Waals surface area contributed by atoms with Crippen LogP contribution in [0.25, 0.3) is 0 Å². The molecule has 2 aromatic carbocycles. The van der Waals surface area contributed by atoms with Crippen molar-refractivity contribution >= 4 is 11.6 Å². The molecule has 1 aliphatic rings. The van der Waals surface area contributed by atoms with Crippen LogP contribution in [0.2, 0.25) is 0 Å². The second-order valence-corrected chi connectivity index (χ2v) is 7.24. The van der Waals surface area contributed by atoms with Crippen LogP contribution in [0.1, 0.15) is 25.0 Å². The molecule has 5 nitrogen and oxygen atoms in total. The summed E-state index contributed by atoms with van der Waals surface area (Å²) in [5.74, 6) is 1.02. The Kier molecular flexibility index (Phi) is 6.93. The molecule has 0 unspecified atom stereocenters. The van der Waals surface area contributed by atoms with Gasteiger partial charge < -0.3 is 15.0 Å². The summed E-state index contributed by atoms with van der Waals surface area (Å²) in [5.41, 5.74) is 3.51. The van der Waals surface area contributed by atoms with Gasteiger partial charge >= 0.3 is 0 Å². The van der Waals surface area contributed by atoms with Crippen LogP contribution >= 0.6 is 0 Å². The first-order valence-corrected chi connectivity index (χ1v) is 10.1. The van der Waals surface area contributed by atoms with Crippen LogP contribution in [0.5, 0.6) is 5.75 Å². The third kappa shape index (κ3) is 4.84. The summed E-state index contributed by atoms with van der Waals surface area (Å²) >= 11 is 0. The number of amides is 1. The molecule has 0 radical (unpaired) electrons. The molecule has 0 spiro atoms. The Balaban J connectivity index is 1.53. The van der Waals surface area contributed by atoms with Crippen LogP contribution in [0.3, 0.4) is 0 Å². The van der Waals surface area contributed by atoms with E-state index < -0.39 is 0 Å². The van der Waals surface area contributed by atoms with E-state index in [0.29, 0.717) is 13.2 Å². The van der Waals surface area contributed by atoms with Gasteiger partial charge in [0.1, 0.15) is 5.75 Å². The van der Waals surface area contributed by atoms with Gasteiger partial charge in [0.2, 0.25) is 5.91 Å². The largest absolute Gasteiger partial charge is 0.492 e. The van der Waals surface area contributed by atoms with Crippen molar-refractivity contribution in [1.29, 1.82) is 0 Å². The summed E-state index contributed by atoms with van der Waals surface area (Å²) in [6.45, 7) is 10.8. The molecule has 150 valence electrons. The van der Waals surface area contributed by atoms with Crippen molar-refractivity contribution in [2.75, 3.05) is 37.7 Å². The van der Waals surface area contributed by atoms with Gasteiger partial charge in [0, 0.05) is 32.7 Å². The van der Waals surface area contributed by atoms with Crippen LogP contribution in [0.4, 0.5) is 5.69 Å². The monoisotopic (exact) mass is 381 g/mol. The minimum Gasteiger partial charge on any atom is -0.492 e. The highest BCUT2D eigenvalue weighted by Crippen LogP contribution is 2.29. The minimum absolute atomic E-state index is 0.0893. The first-order chi connectivity index (χ1) is 13.6. The number of aryl methyl sites for hydroxylation is 1. The van der Waals surface area contributed by atoms with Gasteiger partial charge in [0.25, 0.3) is 0 Å². The zero-order chi connectivity index (χ0) is 19.9. The zero-order valence-electron chi connectivity index (χ0n) is 17.1. The van der Waals surface area contributed by atoms with Crippen molar-refractivity contribution in [3.05, 3.63) is 59.7 Å². The molecule has 0 aliphatic carbocycles. The molecule has 5 heteroatoms. The summed E-state index contributed by atoms with van der Waals surface area (Å²) in [5, 5.41) is 3.09. The van der Waals surface area contributed by atoms with Crippen LogP contribution in [0.15, 0.2) is 48.5 Å². The number of hydrogen-bond donors (Lipinski definition) is 1. The summed E-state index contributed by atoms with van der Waals surface area (Å²) in [6.07, 6.45) is 0. The highest BCUT2D eigenvalue weighted by molar-refractivity contribution is 5.81. The fraction of sp³-hybridized carbons (Fsp3) is 0.435. The van der Waals surface area contributed by atoms with Gasteiger partial charge in [-0.1, -0.05) is 36.4 Å². The molecule has 3 rings (SSSR count). The molecule has 28 heavy (non-hydrogen) atoms. The van der Waals surface area contributed by atoms with E-state index >= 15 is 0 Å². The van der Waals surface area contributed by atoms with Gasteiger partial charge in [-0.2, -0.15) is 0 Å². The number of hydrogen-bond acceptors (Lipinski definition) is 4. The Morgan fingerprint density at radius 3 is 2.46 bits per heavy atom. The molecule has 1 heterocycles. The predicted octanol–water partition coefficient (Wildman–Crippen LogP) is 3.22. The molecule has 0 aromatic heterocycles. The number of benzene rings is 2. The maximum absolute atomic E-state index is 12.6. The van der Waals surface area contributed by atoms with E-state index in [1.807, 2.05) is 44.2 Å². The summed E-state index contributed by atoms with van der Waals surface area (Å²) in [7, 11) is 0. The van der Waals surface area contributed by atoms with E-state index in [2.05, 4.69) is 40.2 Å². The number of nitrogens with zero attached hydrogens (tertiary/aromatic N) is 2. The van der Waals surface area contributed by atoms with E-state index in [1.165, 1.54) is 11.1 Å². The van der Waals surface area contributed by atoms with Gasteiger partial charge in [-0.3, -0.25) is 9.69 Å². The molecular weight excluding hydrogens is 350 g/mol. The van der Waals surface area contributed by atoms with Crippen LogP contribution in [-0.2, 0) is 11.3 Å². The van der Waals surface area contributed by atoms with E-state index in [9.17, 15) is 4.79 Å². The fourth-order valence-electron chi connectivity index (χ4n) is 3.65. The Hall–Kier alpha value is -2.53. The molecule has 0 bridgehead atoms. The molecule has 1 amide bonds. The Morgan fingerprint density at radius 1 is 1.07 bits per heavy atom. The molecule has 1 fully saturated rings. The molecule has 1 atom stereocenters. The Labute approximate surface area is 168 Å². The van der Waals surface area contributed by atoms with Crippen LogP contribution in [0, 0.1) is 6.92 Å². The van der Waals surface area contributed by atoms with Crippen molar-refractivity contribution < 1.29 is 9.53 Å². The first-order valence-electron chi connectivity index (χ1n) is 10.1.